The molecule has 2 amide bonds. The number of para-hydroxylation sites is 1. The molecule has 0 N–H and O–H groups in total. The van der Waals surface area contributed by atoms with Crippen molar-refractivity contribution in [3.05, 3.63) is 65.7 Å². The highest BCUT2D eigenvalue weighted by Gasteiger charge is 2.53. The Hall–Kier alpha value is -2.34. The minimum Gasteiger partial charge on any atom is -0.314 e. The highest BCUT2D eigenvalue weighted by molar-refractivity contribution is 7.91. The third-order valence-electron chi connectivity index (χ3n) is 4.95. The third-order valence-corrected chi connectivity index (χ3v) is 6.65. The van der Waals surface area contributed by atoms with E-state index < -0.39 is 9.84 Å². The summed E-state index contributed by atoms with van der Waals surface area (Å²) in [5, 5.41) is 0. The monoisotopic (exact) mass is 356 g/mol. The van der Waals surface area contributed by atoms with Gasteiger partial charge in [-0.3, -0.25) is 4.90 Å². The number of carbonyl (C=O) groups excluding carboxylic acids is 1. The first-order chi connectivity index (χ1) is 11.9. The molecule has 130 valence electrons. The average Bonchev–Trinajstić information content (AvgIpc) is 3.00. The van der Waals surface area contributed by atoms with Crippen molar-refractivity contribution in [2.75, 3.05) is 16.4 Å². The van der Waals surface area contributed by atoms with Crippen LogP contribution in [0.3, 0.4) is 0 Å². The number of anilines is 1. The lowest BCUT2D eigenvalue weighted by Gasteiger charge is -2.22. The number of hydrogen-bond acceptors (Lipinski definition) is 3. The first-order valence-electron chi connectivity index (χ1n) is 8.35. The Bertz CT molecular complexity index is 911. The molecule has 0 aliphatic carbocycles. The van der Waals surface area contributed by atoms with E-state index in [1.165, 1.54) is 0 Å². The van der Waals surface area contributed by atoms with Crippen LogP contribution < -0.4 is 4.90 Å². The summed E-state index contributed by atoms with van der Waals surface area (Å²) in [5.74, 6) is 0.0706. The molecule has 2 saturated heterocycles. The Morgan fingerprint density at radius 3 is 2.44 bits per heavy atom. The van der Waals surface area contributed by atoms with E-state index in [4.69, 9.17) is 0 Å². The highest BCUT2D eigenvalue weighted by Crippen LogP contribution is 2.35. The lowest BCUT2D eigenvalue weighted by molar-refractivity contribution is 0.206. The standard InChI is InChI=1S/C19H20N2O3S/c1-14-6-5-7-15(10-14)11-20-17-12-25(23,24)13-18(17)21(19(20)22)16-8-3-2-4-9-16/h2-10,17-18H,11-13H2,1H3/t17-,18-/m0/s1. The molecule has 25 heavy (non-hydrogen) atoms. The van der Waals surface area contributed by atoms with Gasteiger partial charge in [0.25, 0.3) is 0 Å². The van der Waals surface area contributed by atoms with E-state index in [2.05, 4.69) is 0 Å². The molecule has 2 aromatic rings. The van der Waals surface area contributed by atoms with Crippen LogP contribution in [0, 0.1) is 6.92 Å². The van der Waals surface area contributed by atoms with Crippen molar-refractivity contribution in [3.8, 4) is 0 Å². The van der Waals surface area contributed by atoms with E-state index in [0.29, 0.717) is 6.54 Å². The van der Waals surface area contributed by atoms with Crippen LogP contribution in [-0.2, 0) is 16.4 Å². The second-order valence-corrected chi connectivity index (χ2v) is 8.97. The number of nitrogens with zero attached hydrogens (tertiary/aromatic N) is 2. The van der Waals surface area contributed by atoms with Gasteiger partial charge in [0, 0.05) is 12.2 Å². The molecule has 0 radical (unpaired) electrons. The normalized spacial score (nSPS) is 24.6. The number of sulfone groups is 1. The minimum absolute atomic E-state index is 0.0304. The smallest absolute Gasteiger partial charge is 0.314 e. The zero-order chi connectivity index (χ0) is 17.6. The summed E-state index contributed by atoms with van der Waals surface area (Å²) in [6.45, 7) is 2.44. The lowest BCUT2D eigenvalue weighted by Crippen LogP contribution is -2.37. The molecule has 2 fully saturated rings. The molecule has 5 nitrogen and oxygen atoms in total. The van der Waals surface area contributed by atoms with E-state index >= 15 is 0 Å². The number of aryl methyl sites for hydroxylation is 1. The van der Waals surface area contributed by atoms with E-state index in [1.54, 1.807) is 9.80 Å². The Balaban J connectivity index is 1.71. The topological polar surface area (TPSA) is 57.7 Å². The highest BCUT2D eigenvalue weighted by atomic mass is 32.2. The van der Waals surface area contributed by atoms with Crippen LogP contribution in [0.15, 0.2) is 54.6 Å². The van der Waals surface area contributed by atoms with Gasteiger partial charge in [0.15, 0.2) is 9.84 Å². The number of carbonyl (C=O) groups is 1. The molecule has 2 heterocycles. The van der Waals surface area contributed by atoms with E-state index in [9.17, 15) is 13.2 Å². The fourth-order valence-corrected chi connectivity index (χ4v) is 5.81. The molecular formula is C19H20N2O3S. The Labute approximate surface area is 147 Å². The number of rotatable bonds is 3. The number of amides is 2. The molecule has 6 heteroatoms. The second kappa shape index (κ2) is 5.88. The fourth-order valence-electron chi connectivity index (χ4n) is 3.86. The van der Waals surface area contributed by atoms with Gasteiger partial charge in [-0.1, -0.05) is 48.0 Å². The lowest BCUT2D eigenvalue weighted by atomic mass is 10.1. The van der Waals surface area contributed by atoms with Crippen molar-refractivity contribution in [2.24, 2.45) is 0 Å². The Kier molecular flexibility index (Phi) is 3.80. The molecule has 0 unspecified atom stereocenters. The van der Waals surface area contributed by atoms with Gasteiger partial charge >= 0.3 is 6.03 Å². The SMILES string of the molecule is Cc1cccc(CN2C(=O)N(c3ccccc3)[C@H]3CS(=O)(=O)C[C@@H]32)c1. The van der Waals surface area contributed by atoms with Crippen molar-refractivity contribution < 1.29 is 13.2 Å². The molecule has 2 aliphatic rings. The predicted molar refractivity (Wildman–Crippen MR) is 97.3 cm³/mol. The van der Waals surface area contributed by atoms with Crippen molar-refractivity contribution in [2.45, 2.75) is 25.6 Å². The molecule has 0 saturated carbocycles. The largest absolute Gasteiger partial charge is 0.325 e. The average molecular weight is 356 g/mol. The summed E-state index contributed by atoms with van der Waals surface area (Å²) >= 11 is 0. The molecule has 4 rings (SSSR count). The Morgan fingerprint density at radius 1 is 1.00 bits per heavy atom. The summed E-state index contributed by atoms with van der Waals surface area (Å²) in [4.78, 5) is 16.5. The van der Waals surface area contributed by atoms with Crippen LogP contribution in [0.5, 0.6) is 0 Å². The van der Waals surface area contributed by atoms with Gasteiger partial charge in [-0.15, -0.1) is 0 Å². The van der Waals surface area contributed by atoms with Crippen LogP contribution in [0.2, 0.25) is 0 Å². The quantitative estimate of drug-likeness (QED) is 0.795. The molecular weight excluding hydrogens is 336 g/mol. The van der Waals surface area contributed by atoms with Crippen LogP contribution in [0.1, 0.15) is 11.1 Å². The maximum absolute atomic E-state index is 13.1. The number of fused-ring (bicyclic) bond motifs is 1. The second-order valence-electron chi connectivity index (χ2n) is 6.82. The number of benzene rings is 2. The van der Waals surface area contributed by atoms with Crippen LogP contribution in [0.25, 0.3) is 0 Å². The first-order valence-corrected chi connectivity index (χ1v) is 10.2. The van der Waals surface area contributed by atoms with Gasteiger partial charge in [-0.25, -0.2) is 13.2 Å². The maximum Gasteiger partial charge on any atom is 0.325 e. The third kappa shape index (κ3) is 2.91. The summed E-state index contributed by atoms with van der Waals surface area (Å²) < 4.78 is 24.4. The van der Waals surface area contributed by atoms with Gasteiger partial charge in [-0.05, 0) is 24.6 Å². The maximum atomic E-state index is 13.1. The molecule has 0 aromatic heterocycles. The summed E-state index contributed by atoms with van der Waals surface area (Å²) in [6.07, 6.45) is 0. The van der Waals surface area contributed by atoms with Crippen molar-refractivity contribution in [1.29, 1.82) is 0 Å². The van der Waals surface area contributed by atoms with Crippen molar-refractivity contribution in [1.82, 2.24) is 4.90 Å². The zero-order valence-electron chi connectivity index (χ0n) is 14.0. The first kappa shape index (κ1) is 16.1. The molecule has 2 atom stereocenters. The van der Waals surface area contributed by atoms with Crippen molar-refractivity contribution >= 4 is 21.6 Å². The van der Waals surface area contributed by atoms with E-state index in [-0.39, 0.29) is 29.6 Å². The van der Waals surface area contributed by atoms with Gasteiger partial charge in [-0.2, -0.15) is 0 Å². The number of hydrogen-bond donors (Lipinski definition) is 0. The van der Waals surface area contributed by atoms with Gasteiger partial charge < -0.3 is 4.90 Å². The molecule has 0 spiro atoms. The fraction of sp³-hybridized carbons (Fsp3) is 0.316. The van der Waals surface area contributed by atoms with E-state index in [1.807, 2.05) is 61.5 Å². The zero-order valence-corrected chi connectivity index (χ0v) is 14.8. The van der Waals surface area contributed by atoms with Crippen LogP contribution in [-0.4, -0.2) is 42.9 Å². The summed E-state index contributed by atoms with van der Waals surface area (Å²) in [6, 6.07) is 16.6. The van der Waals surface area contributed by atoms with Crippen LogP contribution >= 0.6 is 0 Å². The number of urea groups is 1. The molecule has 2 aliphatic heterocycles. The van der Waals surface area contributed by atoms with E-state index in [0.717, 1.165) is 16.8 Å². The van der Waals surface area contributed by atoms with Crippen LogP contribution in [0.4, 0.5) is 10.5 Å². The van der Waals surface area contributed by atoms with Gasteiger partial charge in [0.2, 0.25) is 0 Å². The van der Waals surface area contributed by atoms with Crippen molar-refractivity contribution in [3.63, 3.8) is 0 Å². The van der Waals surface area contributed by atoms with Gasteiger partial charge in [0.1, 0.15) is 0 Å². The van der Waals surface area contributed by atoms with Gasteiger partial charge in [0.05, 0.1) is 23.6 Å². The predicted octanol–water partition coefficient (Wildman–Crippen LogP) is 2.60. The summed E-state index contributed by atoms with van der Waals surface area (Å²) in [7, 11) is -3.14. The molecule has 2 aromatic carbocycles. The Morgan fingerprint density at radius 2 is 1.72 bits per heavy atom. The summed E-state index contributed by atoms with van der Waals surface area (Å²) in [5.41, 5.74) is 2.90. The minimum atomic E-state index is -3.14. The molecule has 0 bridgehead atoms.